The molecule has 2 amide bonds. The topological polar surface area (TPSA) is 90.9 Å². The molecule has 1 unspecified atom stereocenters. The first-order valence-corrected chi connectivity index (χ1v) is 9.15. The van der Waals surface area contributed by atoms with Crippen molar-refractivity contribution in [2.24, 2.45) is 5.92 Å². The molecule has 0 spiro atoms. The summed E-state index contributed by atoms with van der Waals surface area (Å²) >= 11 is 0. The molecule has 26 heavy (non-hydrogen) atoms. The predicted octanol–water partition coefficient (Wildman–Crippen LogP) is 0.388. The van der Waals surface area contributed by atoms with Crippen LogP contribution in [0.25, 0.3) is 0 Å². The van der Waals surface area contributed by atoms with Gasteiger partial charge in [-0.25, -0.2) is 0 Å². The lowest BCUT2D eigenvalue weighted by Crippen LogP contribution is -2.48. The quantitative estimate of drug-likeness (QED) is 0.706. The third-order valence-electron chi connectivity index (χ3n) is 5.28. The van der Waals surface area contributed by atoms with Gasteiger partial charge in [0.15, 0.2) is 0 Å². The van der Waals surface area contributed by atoms with Crippen LogP contribution in [0.2, 0.25) is 0 Å². The maximum absolute atomic E-state index is 12.6. The molecule has 0 radical (unpaired) electrons. The van der Waals surface area contributed by atoms with Crippen molar-refractivity contribution in [1.29, 1.82) is 0 Å². The Bertz CT molecular complexity index is 650. The fourth-order valence-corrected chi connectivity index (χ4v) is 3.56. The number of benzene rings is 1. The Morgan fingerprint density at radius 2 is 2.15 bits per heavy atom. The number of nitrogens with zero attached hydrogens (tertiary/aromatic N) is 1. The number of aliphatic hydroxyl groups is 1. The van der Waals surface area contributed by atoms with E-state index in [-0.39, 0.29) is 24.3 Å². The van der Waals surface area contributed by atoms with Gasteiger partial charge in [-0.05, 0) is 44.0 Å². The average molecular weight is 361 g/mol. The van der Waals surface area contributed by atoms with Gasteiger partial charge in [-0.2, -0.15) is 0 Å². The fraction of sp³-hybridized carbons (Fsp3) is 0.579. The van der Waals surface area contributed by atoms with Crippen molar-refractivity contribution in [1.82, 2.24) is 15.5 Å². The molecule has 7 nitrogen and oxygen atoms in total. The van der Waals surface area contributed by atoms with E-state index >= 15 is 0 Å². The highest BCUT2D eigenvalue weighted by molar-refractivity contribution is 5.94. The summed E-state index contributed by atoms with van der Waals surface area (Å²) in [6, 6.07) is 7.12. The molecule has 142 valence electrons. The van der Waals surface area contributed by atoms with Gasteiger partial charge in [0.1, 0.15) is 5.75 Å². The Morgan fingerprint density at radius 1 is 1.38 bits per heavy atom. The third-order valence-corrected chi connectivity index (χ3v) is 5.28. The van der Waals surface area contributed by atoms with E-state index in [0.717, 1.165) is 6.54 Å². The first-order chi connectivity index (χ1) is 12.5. The Balaban J connectivity index is 1.48. The summed E-state index contributed by atoms with van der Waals surface area (Å²) in [6.45, 7) is 2.68. The minimum absolute atomic E-state index is 0.0289. The maximum Gasteiger partial charge on any atom is 0.253 e. The smallest absolute Gasteiger partial charge is 0.253 e. The zero-order chi connectivity index (χ0) is 18.6. The fourth-order valence-electron chi connectivity index (χ4n) is 3.56. The molecule has 7 heteroatoms. The lowest BCUT2D eigenvalue weighted by Gasteiger charge is -2.32. The number of carbonyl (C=O) groups is 2. The molecule has 2 heterocycles. The summed E-state index contributed by atoms with van der Waals surface area (Å²) < 4.78 is 5.17. The van der Waals surface area contributed by atoms with Crippen molar-refractivity contribution in [3.63, 3.8) is 0 Å². The molecular weight excluding hydrogens is 334 g/mol. The lowest BCUT2D eigenvalue weighted by molar-refractivity contribution is -0.127. The van der Waals surface area contributed by atoms with E-state index in [1.54, 1.807) is 36.3 Å². The van der Waals surface area contributed by atoms with E-state index in [2.05, 4.69) is 10.6 Å². The van der Waals surface area contributed by atoms with Crippen molar-refractivity contribution in [2.45, 2.75) is 24.9 Å². The Kier molecular flexibility index (Phi) is 5.78. The first-order valence-electron chi connectivity index (χ1n) is 9.15. The van der Waals surface area contributed by atoms with E-state index in [1.807, 2.05) is 0 Å². The zero-order valence-electron chi connectivity index (χ0n) is 15.2. The van der Waals surface area contributed by atoms with Crippen LogP contribution in [0, 0.1) is 5.92 Å². The van der Waals surface area contributed by atoms with Gasteiger partial charge in [-0.1, -0.05) is 6.07 Å². The minimum Gasteiger partial charge on any atom is -0.497 e. The second-order valence-electron chi connectivity index (χ2n) is 7.17. The standard InChI is InChI=1S/C19H27N3O4/c1-26-16-4-2-3-15(11-16)18(24)22-9-5-14(6-10-22)17(23)21-13-19(25)7-8-20-12-19/h2-4,11,14,20,25H,5-10,12-13H2,1H3,(H,21,23). The second kappa shape index (κ2) is 8.05. The SMILES string of the molecule is COc1cccc(C(=O)N2CCC(C(=O)NCC3(O)CCNC3)CC2)c1. The van der Waals surface area contributed by atoms with Crippen LogP contribution in [-0.2, 0) is 4.79 Å². The predicted molar refractivity (Wildman–Crippen MR) is 97.1 cm³/mol. The zero-order valence-corrected chi connectivity index (χ0v) is 15.2. The summed E-state index contributed by atoms with van der Waals surface area (Å²) in [4.78, 5) is 26.8. The molecule has 2 aliphatic rings. The lowest BCUT2D eigenvalue weighted by atomic mass is 9.94. The molecule has 0 bridgehead atoms. The number of rotatable bonds is 5. The number of β-amino-alcohol motifs (C(OH)–C–C–N with tert-alkyl or cyclic N) is 1. The molecule has 1 aromatic rings. The van der Waals surface area contributed by atoms with Gasteiger partial charge in [-0.3, -0.25) is 9.59 Å². The largest absolute Gasteiger partial charge is 0.497 e. The minimum atomic E-state index is -0.835. The molecule has 0 aliphatic carbocycles. The summed E-state index contributed by atoms with van der Waals surface area (Å²) in [6.07, 6.45) is 1.93. The Morgan fingerprint density at radius 3 is 2.81 bits per heavy atom. The highest BCUT2D eigenvalue weighted by atomic mass is 16.5. The number of hydrogen-bond acceptors (Lipinski definition) is 5. The molecule has 2 saturated heterocycles. The van der Waals surface area contributed by atoms with Crippen LogP contribution in [0.4, 0.5) is 0 Å². The van der Waals surface area contributed by atoms with Crippen molar-refractivity contribution in [3.05, 3.63) is 29.8 Å². The van der Waals surface area contributed by atoms with Crippen LogP contribution in [0.5, 0.6) is 5.75 Å². The van der Waals surface area contributed by atoms with Gasteiger partial charge in [-0.15, -0.1) is 0 Å². The summed E-state index contributed by atoms with van der Waals surface area (Å²) in [5, 5.41) is 16.3. The van der Waals surface area contributed by atoms with E-state index in [1.165, 1.54) is 0 Å². The molecule has 1 atom stereocenters. The number of nitrogens with one attached hydrogen (secondary N) is 2. The molecule has 2 aliphatic heterocycles. The van der Waals surface area contributed by atoms with Crippen LogP contribution < -0.4 is 15.4 Å². The average Bonchev–Trinajstić information content (AvgIpc) is 3.12. The second-order valence-corrected chi connectivity index (χ2v) is 7.17. The first kappa shape index (κ1) is 18.7. The normalized spacial score (nSPS) is 23.7. The van der Waals surface area contributed by atoms with Crippen LogP contribution >= 0.6 is 0 Å². The molecule has 0 aromatic heterocycles. The van der Waals surface area contributed by atoms with E-state index in [4.69, 9.17) is 4.74 Å². The highest BCUT2D eigenvalue weighted by Gasteiger charge is 2.33. The summed E-state index contributed by atoms with van der Waals surface area (Å²) in [5.74, 6) is 0.486. The molecule has 1 aromatic carbocycles. The van der Waals surface area contributed by atoms with Crippen molar-refractivity contribution >= 4 is 11.8 Å². The van der Waals surface area contributed by atoms with E-state index in [9.17, 15) is 14.7 Å². The van der Waals surface area contributed by atoms with Gasteiger partial charge in [0.25, 0.3) is 5.91 Å². The van der Waals surface area contributed by atoms with Crippen LogP contribution in [0.3, 0.4) is 0 Å². The molecule has 2 fully saturated rings. The van der Waals surface area contributed by atoms with Gasteiger partial charge >= 0.3 is 0 Å². The van der Waals surface area contributed by atoms with Crippen molar-refractivity contribution in [3.8, 4) is 5.75 Å². The monoisotopic (exact) mass is 361 g/mol. The van der Waals surface area contributed by atoms with E-state index < -0.39 is 5.60 Å². The molecule has 3 N–H and O–H groups in total. The number of carbonyl (C=O) groups excluding carboxylic acids is 2. The van der Waals surface area contributed by atoms with Gasteiger partial charge in [0.05, 0.1) is 12.7 Å². The molecular formula is C19H27N3O4. The molecule has 0 saturated carbocycles. The van der Waals surface area contributed by atoms with Crippen LogP contribution in [0.1, 0.15) is 29.6 Å². The summed E-state index contributed by atoms with van der Waals surface area (Å²) in [7, 11) is 1.58. The van der Waals surface area contributed by atoms with Gasteiger partial charge < -0.3 is 25.4 Å². The maximum atomic E-state index is 12.6. The molecule has 3 rings (SSSR count). The van der Waals surface area contributed by atoms with E-state index in [0.29, 0.717) is 50.2 Å². The van der Waals surface area contributed by atoms with Crippen LogP contribution in [0.15, 0.2) is 24.3 Å². The number of likely N-dealkylation sites (tertiary alicyclic amines) is 1. The van der Waals surface area contributed by atoms with Crippen molar-refractivity contribution < 1.29 is 19.4 Å². The Hall–Kier alpha value is -2.12. The Labute approximate surface area is 153 Å². The number of ether oxygens (including phenoxy) is 1. The number of hydrogen-bond donors (Lipinski definition) is 3. The number of methoxy groups -OCH3 is 1. The van der Waals surface area contributed by atoms with Gasteiger partial charge in [0, 0.05) is 37.7 Å². The summed E-state index contributed by atoms with van der Waals surface area (Å²) in [5.41, 5.74) is -0.234. The van der Waals surface area contributed by atoms with Crippen molar-refractivity contribution in [2.75, 3.05) is 39.8 Å². The third kappa shape index (κ3) is 4.34. The van der Waals surface area contributed by atoms with Gasteiger partial charge in [0.2, 0.25) is 5.91 Å². The number of piperidine rings is 1. The number of amides is 2. The van der Waals surface area contributed by atoms with Crippen LogP contribution in [-0.4, -0.2) is 67.3 Å². The highest BCUT2D eigenvalue weighted by Crippen LogP contribution is 2.21.